The molecular weight excluding hydrogens is 426 g/mol. The second kappa shape index (κ2) is 10.6. The molecule has 1 amide bonds. The Kier molecular flexibility index (Phi) is 7.57. The highest BCUT2D eigenvalue weighted by molar-refractivity contribution is 7.89. The van der Waals surface area contributed by atoms with Gasteiger partial charge >= 0.3 is 0 Å². The van der Waals surface area contributed by atoms with E-state index in [1.165, 1.54) is 5.56 Å². The number of aryl methyl sites for hydroxylation is 1. The maximum Gasteiger partial charge on any atom is 0.240 e. The third kappa shape index (κ3) is 6.62. The molecule has 1 saturated carbocycles. The summed E-state index contributed by atoms with van der Waals surface area (Å²) in [6.07, 6.45) is 2.74. The van der Waals surface area contributed by atoms with Crippen molar-refractivity contribution in [2.75, 3.05) is 26.3 Å². The van der Waals surface area contributed by atoms with E-state index in [4.69, 9.17) is 4.74 Å². The van der Waals surface area contributed by atoms with Crippen LogP contribution in [0.15, 0.2) is 53.4 Å². The van der Waals surface area contributed by atoms with Crippen LogP contribution in [0.2, 0.25) is 0 Å². The number of amides is 1. The second-order valence-electron chi connectivity index (χ2n) is 8.47. The lowest BCUT2D eigenvalue weighted by atomic mass is 10.1. The first-order chi connectivity index (χ1) is 15.5. The third-order valence-electron chi connectivity index (χ3n) is 5.87. The van der Waals surface area contributed by atoms with Gasteiger partial charge in [0.15, 0.2) is 0 Å². The van der Waals surface area contributed by atoms with E-state index < -0.39 is 10.0 Å². The predicted molar refractivity (Wildman–Crippen MR) is 122 cm³/mol. The largest absolute Gasteiger partial charge is 0.379 e. The molecule has 7 nitrogen and oxygen atoms in total. The quantitative estimate of drug-likeness (QED) is 0.571. The lowest BCUT2D eigenvalue weighted by Crippen LogP contribution is -2.36. The van der Waals surface area contributed by atoms with Crippen LogP contribution in [0.25, 0.3) is 0 Å². The smallest absolute Gasteiger partial charge is 0.240 e. The standard InChI is InChI=1S/C24H31N3O4S/c28-24(12-7-19-5-10-23(11-6-19)32(29,30)26-22-8-9-22)25-17-20-3-1-2-4-21(20)18-27-13-15-31-16-14-27/h1-6,10-11,22,26H,7-9,12-18H2,(H,25,28). The molecule has 2 aromatic carbocycles. The van der Waals surface area contributed by atoms with E-state index in [9.17, 15) is 13.2 Å². The van der Waals surface area contributed by atoms with E-state index in [2.05, 4.69) is 27.1 Å². The molecule has 1 aliphatic heterocycles. The molecule has 1 aliphatic carbocycles. The number of benzene rings is 2. The minimum atomic E-state index is -3.44. The molecule has 172 valence electrons. The number of hydrogen-bond acceptors (Lipinski definition) is 5. The zero-order valence-electron chi connectivity index (χ0n) is 18.3. The van der Waals surface area contributed by atoms with Crippen LogP contribution >= 0.6 is 0 Å². The van der Waals surface area contributed by atoms with E-state index in [0.717, 1.165) is 56.8 Å². The zero-order valence-corrected chi connectivity index (χ0v) is 19.1. The number of carbonyl (C=O) groups excluding carboxylic acids is 1. The molecule has 32 heavy (non-hydrogen) atoms. The maximum atomic E-state index is 12.4. The molecule has 2 aliphatic rings. The van der Waals surface area contributed by atoms with Crippen molar-refractivity contribution in [3.8, 4) is 0 Å². The van der Waals surface area contributed by atoms with Gasteiger partial charge in [0, 0.05) is 38.6 Å². The summed E-state index contributed by atoms with van der Waals surface area (Å²) in [5, 5.41) is 3.02. The average molecular weight is 458 g/mol. The molecule has 0 atom stereocenters. The summed E-state index contributed by atoms with van der Waals surface area (Å²) in [7, 11) is -3.44. The molecule has 2 aromatic rings. The minimum absolute atomic E-state index is 0.0155. The lowest BCUT2D eigenvalue weighted by molar-refractivity contribution is -0.121. The summed E-state index contributed by atoms with van der Waals surface area (Å²) in [5.41, 5.74) is 3.30. The van der Waals surface area contributed by atoms with Crippen molar-refractivity contribution in [3.63, 3.8) is 0 Å². The van der Waals surface area contributed by atoms with Crippen LogP contribution < -0.4 is 10.0 Å². The van der Waals surface area contributed by atoms with E-state index in [1.807, 2.05) is 12.1 Å². The molecule has 8 heteroatoms. The second-order valence-corrected chi connectivity index (χ2v) is 10.2. The van der Waals surface area contributed by atoms with Crippen molar-refractivity contribution in [1.82, 2.24) is 14.9 Å². The number of hydrogen-bond donors (Lipinski definition) is 2. The SMILES string of the molecule is O=C(CCc1ccc(S(=O)(=O)NC2CC2)cc1)NCc1ccccc1CN1CCOCC1. The molecule has 1 heterocycles. The van der Waals surface area contributed by atoms with Gasteiger partial charge in [0.1, 0.15) is 0 Å². The Hall–Kier alpha value is -2.26. The Bertz CT molecular complexity index is 1010. The van der Waals surface area contributed by atoms with Crippen molar-refractivity contribution < 1.29 is 17.9 Å². The van der Waals surface area contributed by atoms with Crippen LogP contribution in [0.4, 0.5) is 0 Å². The topological polar surface area (TPSA) is 87.7 Å². The van der Waals surface area contributed by atoms with Crippen LogP contribution in [0, 0.1) is 0 Å². The van der Waals surface area contributed by atoms with Gasteiger partial charge < -0.3 is 10.1 Å². The zero-order chi connectivity index (χ0) is 22.4. The molecule has 0 spiro atoms. The van der Waals surface area contributed by atoms with Crippen LogP contribution in [0.3, 0.4) is 0 Å². The Labute approximate surface area is 190 Å². The van der Waals surface area contributed by atoms with Gasteiger partial charge in [-0.05, 0) is 48.1 Å². The Morgan fingerprint density at radius 1 is 1.00 bits per heavy atom. The van der Waals surface area contributed by atoms with Crippen LogP contribution in [0.1, 0.15) is 36.0 Å². The summed E-state index contributed by atoms with van der Waals surface area (Å²) in [6, 6.07) is 15.1. The van der Waals surface area contributed by atoms with Gasteiger partial charge in [0.05, 0.1) is 18.1 Å². The number of sulfonamides is 1. The highest BCUT2D eigenvalue weighted by Gasteiger charge is 2.27. The molecule has 2 fully saturated rings. The van der Waals surface area contributed by atoms with Crippen molar-refractivity contribution in [2.45, 2.75) is 49.7 Å². The molecule has 4 rings (SSSR count). The van der Waals surface area contributed by atoms with E-state index in [1.54, 1.807) is 24.3 Å². The van der Waals surface area contributed by atoms with Gasteiger partial charge in [-0.2, -0.15) is 0 Å². The molecule has 0 radical (unpaired) electrons. The number of ether oxygens (including phenoxy) is 1. The molecule has 0 bridgehead atoms. The summed E-state index contributed by atoms with van der Waals surface area (Å²) in [4.78, 5) is 15.0. The van der Waals surface area contributed by atoms with Crippen molar-refractivity contribution in [3.05, 3.63) is 65.2 Å². The fourth-order valence-electron chi connectivity index (χ4n) is 3.75. The van der Waals surface area contributed by atoms with Gasteiger partial charge in [-0.25, -0.2) is 13.1 Å². The summed E-state index contributed by atoms with van der Waals surface area (Å²) in [5.74, 6) is -0.0155. The van der Waals surface area contributed by atoms with Gasteiger partial charge in [0.2, 0.25) is 15.9 Å². The molecular formula is C24H31N3O4S. The molecule has 1 saturated heterocycles. The fourth-order valence-corrected chi connectivity index (χ4v) is 5.05. The van der Waals surface area contributed by atoms with Gasteiger partial charge in [-0.1, -0.05) is 36.4 Å². The average Bonchev–Trinajstić information content (AvgIpc) is 3.61. The lowest BCUT2D eigenvalue weighted by Gasteiger charge is -2.27. The summed E-state index contributed by atoms with van der Waals surface area (Å²) < 4.78 is 32.6. The first kappa shape index (κ1) is 22.9. The third-order valence-corrected chi connectivity index (χ3v) is 7.40. The summed E-state index contributed by atoms with van der Waals surface area (Å²) >= 11 is 0. The number of carbonyl (C=O) groups is 1. The van der Waals surface area contributed by atoms with Crippen LogP contribution in [0.5, 0.6) is 0 Å². The van der Waals surface area contributed by atoms with Gasteiger partial charge in [-0.3, -0.25) is 9.69 Å². The Morgan fingerprint density at radius 3 is 2.38 bits per heavy atom. The van der Waals surface area contributed by atoms with E-state index in [-0.39, 0.29) is 16.8 Å². The van der Waals surface area contributed by atoms with Gasteiger partial charge in [0.25, 0.3) is 0 Å². The number of nitrogens with one attached hydrogen (secondary N) is 2. The first-order valence-corrected chi connectivity index (χ1v) is 12.7. The fraction of sp³-hybridized carbons (Fsp3) is 0.458. The Balaban J connectivity index is 1.25. The van der Waals surface area contributed by atoms with E-state index in [0.29, 0.717) is 19.4 Å². The van der Waals surface area contributed by atoms with Crippen molar-refractivity contribution >= 4 is 15.9 Å². The highest BCUT2D eigenvalue weighted by atomic mass is 32.2. The van der Waals surface area contributed by atoms with Crippen molar-refractivity contribution in [1.29, 1.82) is 0 Å². The van der Waals surface area contributed by atoms with Crippen LogP contribution in [-0.2, 0) is 39.1 Å². The molecule has 2 N–H and O–H groups in total. The number of morpholine rings is 1. The molecule has 0 unspecified atom stereocenters. The first-order valence-electron chi connectivity index (χ1n) is 11.2. The van der Waals surface area contributed by atoms with Crippen molar-refractivity contribution in [2.24, 2.45) is 0 Å². The van der Waals surface area contributed by atoms with Gasteiger partial charge in [-0.15, -0.1) is 0 Å². The highest BCUT2D eigenvalue weighted by Crippen LogP contribution is 2.22. The van der Waals surface area contributed by atoms with E-state index >= 15 is 0 Å². The maximum absolute atomic E-state index is 12.4. The van der Waals surface area contributed by atoms with Crippen LogP contribution in [-0.4, -0.2) is 51.6 Å². The number of nitrogens with zero attached hydrogens (tertiary/aromatic N) is 1. The molecule has 0 aromatic heterocycles. The monoisotopic (exact) mass is 457 g/mol. The normalized spacial score (nSPS) is 17.2. The Morgan fingerprint density at radius 2 is 1.69 bits per heavy atom. The number of rotatable bonds is 10. The minimum Gasteiger partial charge on any atom is -0.379 e. The predicted octanol–water partition coefficient (Wildman–Crippen LogP) is 2.21. The summed E-state index contributed by atoms with van der Waals surface area (Å²) in [6.45, 7) is 4.75.